The predicted molar refractivity (Wildman–Crippen MR) is 459 cm³/mol. The van der Waals surface area contributed by atoms with E-state index in [1.807, 2.05) is 96.1 Å². The van der Waals surface area contributed by atoms with Crippen molar-refractivity contribution < 1.29 is 105 Å². The number of aliphatic carboxylic acids is 1. The molecule has 4 aliphatic rings. The zero-order chi connectivity index (χ0) is 89.0. The van der Waals surface area contributed by atoms with Gasteiger partial charge in [0, 0.05) is 190 Å². The van der Waals surface area contributed by atoms with Gasteiger partial charge >= 0.3 is 47.9 Å². The molecule has 0 spiro atoms. The second kappa shape index (κ2) is 49.2. The zero-order valence-corrected chi connectivity index (χ0v) is 72.7. The summed E-state index contributed by atoms with van der Waals surface area (Å²) in [6.45, 7) is 14.5. The minimum Gasteiger partial charge on any atom is -0.496 e. The van der Waals surface area contributed by atoms with Crippen LogP contribution in [0, 0.1) is 13.8 Å². The Morgan fingerprint density at radius 3 is 1.25 bits per heavy atom. The van der Waals surface area contributed by atoms with Crippen molar-refractivity contribution >= 4 is 104 Å². The van der Waals surface area contributed by atoms with Gasteiger partial charge in [0.2, 0.25) is 42.9 Å². The van der Waals surface area contributed by atoms with E-state index in [2.05, 4.69) is 140 Å². The number of unbranched alkanes of at least 4 members (excludes halogenated alkanes) is 2. The van der Waals surface area contributed by atoms with Gasteiger partial charge in [-0.25, -0.2) is 9.15 Å². The number of rotatable bonds is 43. The highest BCUT2D eigenvalue weighted by Crippen LogP contribution is 2.48. The summed E-state index contributed by atoms with van der Waals surface area (Å²) in [7, 11) is 17.0. The molecular weight excluding hydrogens is 1560 g/mol. The number of nitrogens with zero attached hydrogens (tertiary/aromatic N) is 6. The number of amides is 2. The number of hydrogen-bond donors (Lipinski definition) is 5. The maximum absolute atomic E-state index is 13.3. The fourth-order valence-electron chi connectivity index (χ4n) is 13.8. The van der Waals surface area contributed by atoms with Crippen LogP contribution in [0.2, 0.25) is 0 Å². The van der Waals surface area contributed by atoms with E-state index >= 15 is 0 Å². The first kappa shape index (κ1) is 97.4. The van der Waals surface area contributed by atoms with Crippen molar-refractivity contribution in [3.8, 4) is 56.4 Å². The average molecular weight is 1680 g/mol. The highest BCUT2D eigenvalue weighted by atomic mass is 16.7. The number of carbonyl (C=O) groups is 9. The molecule has 2 amide bonds. The Hall–Kier alpha value is -12.4. The third-order valence-corrected chi connectivity index (χ3v) is 20.3. The maximum atomic E-state index is 13.3. The van der Waals surface area contributed by atoms with E-state index in [0.717, 1.165) is 169 Å². The number of carboxylic acid groups (broad SMARTS) is 1. The highest BCUT2D eigenvalue weighted by Gasteiger charge is 2.33. The van der Waals surface area contributed by atoms with Crippen molar-refractivity contribution in [3.05, 3.63) is 119 Å². The summed E-state index contributed by atoms with van der Waals surface area (Å²) in [6.07, 6.45) is 4.96. The minimum atomic E-state index is -1.28. The van der Waals surface area contributed by atoms with E-state index in [0.29, 0.717) is 70.5 Å². The van der Waals surface area contributed by atoms with Crippen LogP contribution in [-0.4, -0.2) is 230 Å². The molecule has 32 heteroatoms. The van der Waals surface area contributed by atoms with E-state index < -0.39 is 87.3 Å². The lowest BCUT2D eigenvalue weighted by Gasteiger charge is -2.28. The van der Waals surface area contributed by atoms with E-state index in [1.54, 1.807) is 14.2 Å². The van der Waals surface area contributed by atoms with Crippen LogP contribution in [0.15, 0.2) is 106 Å². The summed E-state index contributed by atoms with van der Waals surface area (Å²) in [5.41, 5.74) is 13.5. The van der Waals surface area contributed by atoms with Gasteiger partial charge in [-0.3, -0.25) is 53.0 Å². The lowest BCUT2D eigenvalue weighted by Crippen LogP contribution is -2.48. The third kappa shape index (κ3) is 28.9. The molecule has 4 aromatic rings. The van der Waals surface area contributed by atoms with E-state index in [-0.39, 0.29) is 37.4 Å². The Morgan fingerprint density at radius 1 is 0.496 bits per heavy atom. The molecule has 2 unspecified atom stereocenters. The first-order valence-corrected chi connectivity index (χ1v) is 40.2. The van der Waals surface area contributed by atoms with Gasteiger partial charge in [-0.2, -0.15) is 9.59 Å². The second-order valence-electron chi connectivity index (χ2n) is 29.0. The Balaban J connectivity index is 0.000000382. The lowest BCUT2D eigenvalue weighted by atomic mass is 9.91. The Bertz CT molecular complexity index is 4970. The van der Waals surface area contributed by atoms with Crippen LogP contribution < -0.4 is 60.4 Å². The van der Waals surface area contributed by atoms with Gasteiger partial charge in [0.1, 0.15) is 74.5 Å². The van der Waals surface area contributed by atoms with Gasteiger partial charge in [-0.05, 0) is 152 Å². The van der Waals surface area contributed by atoms with E-state index in [1.165, 1.54) is 0 Å². The monoisotopic (exact) mass is 1680 g/mol. The Kier molecular flexibility index (Phi) is 39.6. The number of aryl methyl sites for hydroxylation is 2. The van der Waals surface area contributed by atoms with E-state index in [9.17, 15) is 48.3 Å². The first-order valence-electron chi connectivity index (χ1n) is 40.2. The molecule has 0 saturated carbocycles. The molecule has 654 valence electrons. The molecule has 32 nitrogen and oxygen atoms in total. The predicted octanol–water partition coefficient (Wildman–Crippen LogP) is 9.66. The van der Waals surface area contributed by atoms with Crippen molar-refractivity contribution in [2.24, 2.45) is 0 Å². The maximum Gasteiger partial charge on any atom is 0.373 e. The third-order valence-electron chi connectivity index (χ3n) is 20.3. The summed E-state index contributed by atoms with van der Waals surface area (Å²) in [5.74, 6) is -2.94. The summed E-state index contributed by atoms with van der Waals surface area (Å²) in [5, 5.41) is 25.8. The molecule has 2 atom stereocenters. The summed E-state index contributed by atoms with van der Waals surface area (Å²) in [4.78, 5) is 133. The van der Waals surface area contributed by atoms with Gasteiger partial charge in [-0.1, -0.05) is 6.92 Å². The minimum absolute atomic E-state index is 0.0109. The molecular formula is C89H118N10O22+2. The van der Waals surface area contributed by atoms with Crippen LogP contribution in [0.5, 0.6) is 11.5 Å². The van der Waals surface area contributed by atoms with Crippen molar-refractivity contribution in [2.45, 2.75) is 132 Å². The molecule has 5 N–H and O–H groups in total. The molecule has 0 bridgehead atoms. The standard InChI is InChI=1S/C49H63N5O15.C39H53N5O5.CO2/c1-10-53(41-25-42(62-9)39(22-31(41)2)48-37-18-16-35(50-6)23-43(37)69-44-24-36(52(7)8)17-19-38(44)48)21-13-15-45(58)51-20-12-11-14-40(49(61)68-30-65-34(5)57)54(26-46(59)66-28-63-32(3)55)27-47(60)67-29-64-33(4)56;1-9-43(7)32(39(46)47)14-11-12-20-41-37(45)15-13-21-44(10-2)33-25-34(48-8)31(22-26(33)3)38-29-18-16-27(40-4)23-35(29)49-36-24-28(42(5)6)17-19-30(36)38;2-1-3/h16-19,22-25,40H,10-15,20-21,26-30H2,1-9H3,(H,51,58);16-19,22-25,32H,9-15,20-21H2,1-8H3,(H2,41,45,46,47);/p+2. The van der Waals surface area contributed by atoms with Gasteiger partial charge in [0.15, 0.2) is 0 Å². The summed E-state index contributed by atoms with van der Waals surface area (Å²) in [6, 6.07) is 31.5. The molecule has 121 heavy (non-hydrogen) atoms. The topological polar surface area (TPSA) is 375 Å². The molecule has 0 radical (unpaired) electrons. The molecule has 0 fully saturated rings. The normalized spacial score (nSPS) is 11.4. The van der Waals surface area contributed by atoms with Crippen molar-refractivity contribution in [3.63, 3.8) is 0 Å². The van der Waals surface area contributed by atoms with Gasteiger partial charge < -0.3 is 82.9 Å². The van der Waals surface area contributed by atoms with Gasteiger partial charge in [0.05, 0.1) is 39.4 Å². The highest BCUT2D eigenvalue weighted by molar-refractivity contribution is 6.06. The molecule has 0 saturated heterocycles. The molecule has 2 heterocycles. The molecule has 4 aromatic carbocycles. The van der Waals surface area contributed by atoms with Crippen LogP contribution in [0.3, 0.4) is 0 Å². The Labute approximate surface area is 705 Å². The Morgan fingerprint density at radius 2 is 0.893 bits per heavy atom. The fraction of sp³-hybridized carbons (Fsp3) is 0.461. The fourth-order valence-corrected chi connectivity index (χ4v) is 13.8. The SMILES string of the molecule is CCN(CCCC(=O)NCCCCC(C(=O)O)N(C)CC)c1cc(OC)c(-c2c3ccc(=[N+](C)C)cc-3oc3cc(NC)ccc23)cc1C.CCN(CCCC(=O)NCCCCC(C(=O)OCOC(C)=O)N(CC(=O)OCOC(C)=O)CC(=O)OCOC(C)=O)c1cc(OC)c(-c2c3ccc(=[N+](C)C)cc-3oc3cc(NC)ccc23)cc1C.O=C=O. The quantitative estimate of drug-likeness (QED) is 0.00592. The average Bonchev–Trinajstić information content (AvgIpc) is 0.748. The number of methoxy groups -OCH3 is 2. The molecule has 2 aliphatic heterocycles. The second-order valence-corrected chi connectivity index (χ2v) is 29.0. The van der Waals surface area contributed by atoms with E-state index in [4.69, 9.17) is 46.8 Å². The number of likely N-dealkylation sites (N-methyl/N-ethyl adjacent to an activating group) is 1. The van der Waals surface area contributed by atoms with Gasteiger partial charge in [0.25, 0.3) is 0 Å². The number of anilines is 4. The number of ether oxygens (including phenoxy) is 8. The number of esters is 6. The van der Waals surface area contributed by atoms with Crippen LogP contribution in [0.25, 0.3) is 66.8 Å². The largest absolute Gasteiger partial charge is 0.496 e. The molecule has 2 aliphatic carbocycles. The number of carbonyl (C=O) groups excluding carboxylic acids is 10. The van der Waals surface area contributed by atoms with Gasteiger partial charge in [-0.15, -0.1) is 0 Å². The van der Waals surface area contributed by atoms with Crippen LogP contribution in [0.1, 0.15) is 117 Å². The molecule has 8 rings (SSSR count). The van der Waals surface area contributed by atoms with Crippen LogP contribution >= 0.6 is 0 Å². The number of fused-ring (bicyclic) bond motifs is 4. The zero-order valence-electron chi connectivity index (χ0n) is 72.7. The molecule has 0 aromatic heterocycles. The first-order chi connectivity index (χ1) is 57.9. The number of hydrogen-bond acceptors (Lipinski definition) is 27. The van der Waals surface area contributed by atoms with Crippen LogP contribution in [0.4, 0.5) is 22.7 Å². The number of benzene rings is 6. The smallest absolute Gasteiger partial charge is 0.373 e. The summed E-state index contributed by atoms with van der Waals surface area (Å²) >= 11 is 0. The number of nitrogens with one attached hydrogen (secondary N) is 4. The lowest BCUT2D eigenvalue weighted by molar-refractivity contribution is -0.192. The van der Waals surface area contributed by atoms with Crippen molar-refractivity contribution in [2.75, 3.05) is 163 Å². The summed E-state index contributed by atoms with van der Waals surface area (Å²) < 4.78 is 58.2. The number of carboxylic acids is 1. The van der Waals surface area contributed by atoms with Crippen molar-refractivity contribution in [1.29, 1.82) is 0 Å². The van der Waals surface area contributed by atoms with Crippen LogP contribution in [-0.2, 0) is 81.2 Å². The van der Waals surface area contributed by atoms with Crippen molar-refractivity contribution in [1.82, 2.24) is 29.6 Å².